The third-order valence-electron chi connectivity index (χ3n) is 1.91. The van der Waals surface area contributed by atoms with Crippen molar-refractivity contribution < 1.29 is 14.2 Å². The Kier molecular flexibility index (Phi) is 12.3. The first-order chi connectivity index (χ1) is 7.85. The third kappa shape index (κ3) is 10.1. The zero-order valence-electron chi connectivity index (χ0n) is 10.5. The zero-order chi connectivity index (χ0) is 12.1. The van der Waals surface area contributed by atoms with E-state index in [0.717, 1.165) is 19.6 Å². The molecule has 1 N–H and O–H groups in total. The van der Waals surface area contributed by atoms with Crippen molar-refractivity contribution in [1.82, 2.24) is 5.32 Å². The summed E-state index contributed by atoms with van der Waals surface area (Å²) in [5.41, 5.74) is 0. The molecule has 96 valence electrons. The topological polar surface area (TPSA) is 39.7 Å². The standard InChI is InChI=1S/C12H25NO3/c1-4-7-9-14-10-8-13-11-12(15-5-2)16-6-3/h4,12-13H,1,5-11H2,2-3H3. The summed E-state index contributed by atoms with van der Waals surface area (Å²) in [5.74, 6) is 0. The number of hydrogen-bond acceptors (Lipinski definition) is 4. The highest BCUT2D eigenvalue weighted by Crippen LogP contribution is 1.92. The predicted octanol–water partition coefficient (Wildman–Crippen LogP) is 1.57. The van der Waals surface area contributed by atoms with Gasteiger partial charge in [-0.3, -0.25) is 0 Å². The van der Waals surface area contributed by atoms with Crippen LogP contribution in [-0.4, -0.2) is 45.8 Å². The van der Waals surface area contributed by atoms with Crippen LogP contribution in [0.4, 0.5) is 0 Å². The average Bonchev–Trinajstić information content (AvgIpc) is 2.28. The fourth-order valence-electron chi connectivity index (χ4n) is 1.17. The second-order valence-electron chi connectivity index (χ2n) is 3.23. The molecule has 0 saturated carbocycles. The third-order valence-corrected chi connectivity index (χ3v) is 1.91. The Hall–Kier alpha value is -0.420. The van der Waals surface area contributed by atoms with Crippen LogP contribution in [0.3, 0.4) is 0 Å². The lowest BCUT2D eigenvalue weighted by molar-refractivity contribution is -0.133. The molecule has 4 heteroatoms. The zero-order valence-corrected chi connectivity index (χ0v) is 10.5. The normalized spacial score (nSPS) is 10.9. The van der Waals surface area contributed by atoms with Gasteiger partial charge in [-0.25, -0.2) is 0 Å². The number of nitrogens with one attached hydrogen (secondary N) is 1. The van der Waals surface area contributed by atoms with Crippen LogP contribution in [0, 0.1) is 0 Å². The molecule has 0 amide bonds. The molecule has 0 aliphatic rings. The van der Waals surface area contributed by atoms with Gasteiger partial charge in [-0.2, -0.15) is 0 Å². The van der Waals surface area contributed by atoms with Crippen molar-refractivity contribution in [2.75, 3.05) is 39.5 Å². The molecule has 0 saturated heterocycles. The summed E-state index contributed by atoms with van der Waals surface area (Å²) in [6, 6.07) is 0. The maximum Gasteiger partial charge on any atom is 0.169 e. The van der Waals surface area contributed by atoms with E-state index in [1.54, 1.807) is 0 Å². The SMILES string of the molecule is C=CCCOCCNCC(OCC)OCC. The molecular weight excluding hydrogens is 206 g/mol. The lowest BCUT2D eigenvalue weighted by Crippen LogP contribution is -2.33. The lowest BCUT2D eigenvalue weighted by atomic mass is 10.4. The first kappa shape index (κ1) is 15.6. The van der Waals surface area contributed by atoms with Gasteiger partial charge in [0.05, 0.1) is 13.2 Å². The van der Waals surface area contributed by atoms with Crippen LogP contribution in [0.1, 0.15) is 20.3 Å². The van der Waals surface area contributed by atoms with Crippen LogP contribution in [0.5, 0.6) is 0 Å². The summed E-state index contributed by atoms with van der Waals surface area (Å²) in [6.07, 6.45) is 2.61. The number of hydrogen-bond donors (Lipinski definition) is 1. The van der Waals surface area contributed by atoms with Crippen molar-refractivity contribution in [3.05, 3.63) is 12.7 Å². The second kappa shape index (κ2) is 12.6. The van der Waals surface area contributed by atoms with Gasteiger partial charge in [0.1, 0.15) is 0 Å². The van der Waals surface area contributed by atoms with Gasteiger partial charge in [0, 0.05) is 26.3 Å². The molecular formula is C12H25NO3. The predicted molar refractivity (Wildman–Crippen MR) is 65.5 cm³/mol. The van der Waals surface area contributed by atoms with E-state index in [4.69, 9.17) is 14.2 Å². The number of ether oxygens (including phenoxy) is 3. The van der Waals surface area contributed by atoms with Crippen LogP contribution in [0.2, 0.25) is 0 Å². The molecule has 0 fully saturated rings. The summed E-state index contributed by atoms with van der Waals surface area (Å²) in [7, 11) is 0. The summed E-state index contributed by atoms with van der Waals surface area (Å²) < 4.78 is 16.1. The highest BCUT2D eigenvalue weighted by molar-refractivity contribution is 4.64. The van der Waals surface area contributed by atoms with E-state index in [1.165, 1.54) is 0 Å². The molecule has 0 radical (unpaired) electrons. The molecule has 0 aliphatic heterocycles. The minimum atomic E-state index is -0.150. The Morgan fingerprint density at radius 3 is 2.44 bits per heavy atom. The Morgan fingerprint density at radius 2 is 1.88 bits per heavy atom. The lowest BCUT2D eigenvalue weighted by Gasteiger charge is -2.17. The van der Waals surface area contributed by atoms with E-state index >= 15 is 0 Å². The Morgan fingerprint density at radius 1 is 1.19 bits per heavy atom. The van der Waals surface area contributed by atoms with Crippen molar-refractivity contribution in [3.63, 3.8) is 0 Å². The molecule has 0 aromatic heterocycles. The van der Waals surface area contributed by atoms with E-state index in [2.05, 4.69) is 11.9 Å². The Balaban J connectivity index is 3.28. The molecule has 0 bridgehead atoms. The van der Waals surface area contributed by atoms with Gasteiger partial charge in [0.2, 0.25) is 0 Å². The smallest absolute Gasteiger partial charge is 0.169 e. The van der Waals surface area contributed by atoms with E-state index in [0.29, 0.717) is 26.4 Å². The fraction of sp³-hybridized carbons (Fsp3) is 0.833. The largest absolute Gasteiger partial charge is 0.380 e. The van der Waals surface area contributed by atoms with Crippen LogP contribution in [-0.2, 0) is 14.2 Å². The summed E-state index contributed by atoms with van der Waals surface area (Å²) in [6.45, 7) is 11.9. The van der Waals surface area contributed by atoms with Crippen LogP contribution in [0.15, 0.2) is 12.7 Å². The molecule has 0 unspecified atom stereocenters. The summed E-state index contributed by atoms with van der Waals surface area (Å²) in [4.78, 5) is 0. The molecule has 0 spiro atoms. The molecule has 0 rings (SSSR count). The van der Waals surface area contributed by atoms with Gasteiger partial charge < -0.3 is 19.5 Å². The molecule has 0 heterocycles. The quantitative estimate of drug-likeness (QED) is 0.314. The van der Waals surface area contributed by atoms with Gasteiger partial charge in [-0.05, 0) is 20.3 Å². The van der Waals surface area contributed by atoms with Gasteiger partial charge >= 0.3 is 0 Å². The maximum atomic E-state index is 5.39. The highest BCUT2D eigenvalue weighted by atomic mass is 16.7. The van der Waals surface area contributed by atoms with Gasteiger partial charge in [-0.1, -0.05) is 6.08 Å². The highest BCUT2D eigenvalue weighted by Gasteiger charge is 2.05. The van der Waals surface area contributed by atoms with Crippen molar-refractivity contribution in [3.8, 4) is 0 Å². The molecule has 0 aromatic carbocycles. The van der Waals surface area contributed by atoms with Crippen molar-refractivity contribution in [2.45, 2.75) is 26.6 Å². The fourth-order valence-corrected chi connectivity index (χ4v) is 1.17. The van der Waals surface area contributed by atoms with Crippen LogP contribution < -0.4 is 5.32 Å². The van der Waals surface area contributed by atoms with E-state index in [9.17, 15) is 0 Å². The molecule has 0 aromatic rings. The van der Waals surface area contributed by atoms with Gasteiger partial charge in [0.15, 0.2) is 6.29 Å². The molecule has 0 atom stereocenters. The van der Waals surface area contributed by atoms with Crippen molar-refractivity contribution >= 4 is 0 Å². The minimum Gasteiger partial charge on any atom is -0.380 e. The van der Waals surface area contributed by atoms with Gasteiger partial charge in [0.25, 0.3) is 0 Å². The average molecular weight is 231 g/mol. The van der Waals surface area contributed by atoms with Crippen molar-refractivity contribution in [1.29, 1.82) is 0 Å². The monoisotopic (exact) mass is 231 g/mol. The van der Waals surface area contributed by atoms with E-state index in [-0.39, 0.29) is 6.29 Å². The first-order valence-electron chi connectivity index (χ1n) is 5.97. The van der Waals surface area contributed by atoms with Crippen molar-refractivity contribution in [2.24, 2.45) is 0 Å². The molecule has 0 aliphatic carbocycles. The minimum absolute atomic E-state index is 0.150. The van der Waals surface area contributed by atoms with Gasteiger partial charge in [-0.15, -0.1) is 6.58 Å². The summed E-state index contributed by atoms with van der Waals surface area (Å²) >= 11 is 0. The second-order valence-corrected chi connectivity index (χ2v) is 3.23. The molecule has 16 heavy (non-hydrogen) atoms. The number of rotatable bonds is 12. The van der Waals surface area contributed by atoms with Crippen LogP contribution in [0.25, 0.3) is 0 Å². The maximum absolute atomic E-state index is 5.39. The molecule has 4 nitrogen and oxygen atoms in total. The Bertz CT molecular complexity index is 147. The van der Waals surface area contributed by atoms with Crippen LogP contribution >= 0.6 is 0 Å². The Labute approximate surface area is 99.0 Å². The van der Waals surface area contributed by atoms with E-state index in [1.807, 2.05) is 19.9 Å². The summed E-state index contributed by atoms with van der Waals surface area (Å²) in [5, 5.41) is 3.23. The first-order valence-corrected chi connectivity index (χ1v) is 5.97. The van der Waals surface area contributed by atoms with E-state index < -0.39 is 0 Å².